The molecule has 0 fully saturated rings. The summed E-state index contributed by atoms with van der Waals surface area (Å²) in [5.74, 6) is 0.744. The van der Waals surface area contributed by atoms with Crippen molar-refractivity contribution in [2.45, 2.75) is 13.0 Å². The minimum Gasteiger partial charge on any atom is -0.479 e. The molecule has 0 unspecified atom stereocenters. The van der Waals surface area contributed by atoms with Gasteiger partial charge in [0.1, 0.15) is 11.8 Å². The third kappa shape index (κ3) is 4.97. The number of ether oxygens (including phenoxy) is 1. The van der Waals surface area contributed by atoms with Gasteiger partial charge in [-0.3, -0.25) is 0 Å². The van der Waals surface area contributed by atoms with Gasteiger partial charge in [0.05, 0.1) is 3.79 Å². The summed E-state index contributed by atoms with van der Waals surface area (Å²) in [5.41, 5.74) is 1.16. The standard InChI is InChI=1S/C15H15BrN2OS/c16-15-5-4-14(20-15)6-8-18-11-12-2-1-3-13(10-12)19-9-7-17/h1-5,10,18H,6,8-9,11H2. The molecule has 0 saturated heterocycles. The quantitative estimate of drug-likeness (QED) is 0.773. The molecule has 0 bridgehead atoms. The van der Waals surface area contributed by atoms with Crippen molar-refractivity contribution in [3.8, 4) is 11.8 Å². The van der Waals surface area contributed by atoms with Gasteiger partial charge < -0.3 is 10.1 Å². The van der Waals surface area contributed by atoms with Crippen LogP contribution < -0.4 is 10.1 Å². The van der Waals surface area contributed by atoms with Crippen LogP contribution in [0.25, 0.3) is 0 Å². The van der Waals surface area contributed by atoms with Crippen molar-refractivity contribution in [3.63, 3.8) is 0 Å². The van der Waals surface area contributed by atoms with E-state index < -0.39 is 0 Å². The summed E-state index contributed by atoms with van der Waals surface area (Å²) in [5, 5.41) is 11.9. The molecule has 0 radical (unpaired) electrons. The summed E-state index contributed by atoms with van der Waals surface area (Å²) < 4.78 is 6.46. The van der Waals surface area contributed by atoms with E-state index in [9.17, 15) is 0 Å². The molecule has 3 nitrogen and oxygen atoms in total. The van der Waals surface area contributed by atoms with E-state index >= 15 is 0 Å². The average Bonchev–Trinajstić information content (AvgIpc) is 2.87. The van der Waals surface area contributed by atoms with Crippen molar-refractivity contribution in [3.05, 3.63) is 50.6 Å². The van der Waals surface area contributed by atoms with E-state index in [-0.39, 0.29) is 6.61 Å². The van der Waals surface area contributed by atoms with Crippen molar-refractivity contribution in [1.29, 1.82) is 5.26 Å². The molecule has 0 spiro atoms. The lowest BCUT2D eigenvalue weighted by atomic mass is 10.2. The summed E-state index contributed by atoms with van der Waals surface area (Å²) >= 11 is 5.24. The van der Waals surface area contributed by atoms with Crippen LogP contribution >= 0.6 is 27.3 Å². The van der Waals surface area contributed by atoms with Gasteiger partial charge in [0.15, 0.2) is 6.61 Å². The second-order valence-corrected chi connectivity index (χ2v) is 6.77. The van der Waals surface area contributed by atoms with Crippen molar-refractivity contribution in [2.75, 3.05) is 13.2 Å². The molecule has 0 atom stereocenters. The molecule has 2 aromatic rings. The first kappa shape index (κ1) is 15.0. The Labute approximate surface area is 131 Å². The van der Waals surface area contributed by atoms with Crippen LogP contribution in [0.15, 0.2) is 40.2 Å². The van der Waals surface area contributed by atoms with Crippen molar-refractivity contribution in [1.82, 2.24) is 5.32 Å². The Morgan fingerprint density at radius 3 is 2.95 bits per heavy atom. The van der Waals surface area contributed by atoms with E-state index in [4.69, 9.17) is 10.00 Å². The van der Waals surface area contributed by atoms with Crippen LogP contribution in [0.3, 0.4) is 0 Å². The van der Waals surface area contributed by atoms with E-state index in [0.29, 0.717) is 0 Å². The maximum atomic E-state index is 8.49. The summed E-state index contributed by atoms with van der Waals surface area (Å²) in [6.45, 7) is 1.83. The molecule has 104 valence electrons. The zero-order valence-corrected chi connectivity index (χ0v) is 13.3. The van der Waals surface area contributed by atoms with Crippen LogP contribution in [0.4, 0.5) is 0 Å². The van der Waals surface area contributed by atoms with Crippen LogP contribution in [-0.4, -0.2) is 13.2 Å². The maximum Gasteiger partial charge on any atom is 0.174 e. The predicted octanol–water partition coefficient (Wildman–Crippen LogP) is 3.75. The van der Waals surface area contributed by atoms with Gasteiger partial charge in [-0.25, -0.2) is 0 Å². The van der Waals surface area contributed by atoms with E-state index in [1.54, 1.807) is 11.3 Å². The molecule has 0 aliphatic rings. The van der Waals surface area contributed by atoms with Crippen LogP contribution in [-0.2, 0) is 13.0 Å². The minimum atomic E-state index is 0.0874. The van der Waals surface area contributed by atoms with Gasteiger partial charge in [-0.1, -0.05) is 12.1 Å². The second kappa shape index (κ2) is 8.05. The van der Waals surface area contributed by atoms with E-state index in [0.717, 1.165) is 30.8 Å². The van der Waals surface area contributed by atoms with Crippen LogP contribution in [0.1, 0.15) is 10.4 Å². The Bertz CT molecular complexity index is 592. The maximum absolute atomic E-state index is 8.49. The normalized spacial score (nSPS) is 10.2. The average molecular weight is 351 g/mol. The zero-order chi connectivity index (χ0) is 14.2. The fourth-order valence-corrected chi connectivity index (χ4v) is 3.27. The number of halogens is 1. The summed E-state index contributed by atoms with van der Waals surface area (Å²) in [7, 11) is 0. The Balaban J connectivity index is 1.75. The first-order valence-electron chi connectivity index (χ1n) is 6.31. The lowest BCUT2D eigenvalue weighted by molar-refractivity contribution is 0.367. The molecule has 20 heavy (non-hydrogen) atoms. The largest absolute Gasteiger partial charge is 0.479 e. The molecule has 2 rings (SSSR count). The van der Waals surface area contributed by atoms with Gasteiger partial charge >= 0.3 is 0 Å². The van der Waals surface area contributed by atoms with Crippen LogP contribution in [0, 0.1) is 11.3 Å². The number of thiophene rings is 1. The summed E-state index contributed by atoms with van der Waals surface area (Å²) in [6.07, 6.45) is 1.03. The number of hydrogen-bond acceptors (Lipinski definition) is 4. The Morgan fingerprint density at radius 2 is 2.20 bits per heavy atom. The minimum absolute atomic E-state index is 0.0874. The molecular formula is C15H15BrN2OS. The Morgan fingerprint density at radius 1 is 1.30 bits per heavy atom. The Hall–Kier alpha value is -1.35. The molecule has 0 aliphatic heterocycles. The molecular weight excluding hydrogens is 336 g/mol. The zero-order valence-electron chi connectivity index (χ0n) is 10.9. The highest BCUT2D eigenvalue weighted by molar-refractivity contribution is 9.11. The number of rotatable bonds is 7. The SMILES string of the molecule is N#CCOc1cccc(CNCCc2ccc(Br)s2)c1. The third-order valence-corrected chi connectivity index (χ3v) is 4.39. The number of nitrogens with one attached hydrogen (secondary N) is 1. The highest BCUT2D eigenvalue weighted by Gasteiger charge is 1.99. The predicted molar refractivity (Wildman–Crippen MR) is 85.0 cm³/mol. The fraction of sp³-hybridized carbons (Fsp3) is 0.267. The smallest absolute Gasteiger partial charge is 0.174 e. The Kier molecular flexibility index (Phi) is 6.06. The van der Waals surface area contributed by atoms with E-state index in [1.807, 2.05) is 30.3 Å². The monoisotopic (exact) mass is 350 g/mol. The highest BCUT2D eigenvalue weighted by atomic mass is 79.9. The van der Waals surface area contributed by atoms with Gasteiger partial charge in [0.2, 0.25) is 0 Å². The number of nitrogens with zero attached hydrogens (tertiary/aromatic N) is 1. The van der Waals surface area contributed by atoms with Gasteiger partial charge in [0.25, 0.3) is 0 Å². The molecule has 0 aliphatic carbocycles. The van der Waals surface area contributed by atoms with Crippen LogP contribution in [0.5, 0.6) is 5.75 Å². The van der Waals surface area contributed by atoms with E-state index in [1.165, 1.54) is 8.66 Å². The summed E-state index contributed by atoms with van der Waals surface area (Å²) in [6, 6.07) is 14.0. The van der Waals surface area contributed by atoms with Gasteiger partial charge in [-0.15, -0.1) is 11.3 Å². The number of nitriles is 1. The first-order valence-corrected chi connectivity index (χ1v) is 7.92. The number of benzene rings is 1. The molecule has 1 N–H and O–H groups in total. The lowest BCUT2D eigenvalue weighted by Crippen LogP contribution is -2.16. The molecule has 0 amide bonds. The van der Waals surface area contributed by atoms with Gasteiger partial charge in [0, 0.05) is 18.0 Å². The third-order valence-electron chi connectivity index (χ3n) is 2.71. The molecule has 5 heteroatoms. The molecule has 1 aromatic carbocycles. The second-order valence-electron chi connectivity index (χ2n) is 4.23. The molecule has 1 aromatic heterocycles. The fourth-order valence-electron chi connectivity index (χ4n) is 1.79. The topological polar surface area (TPSA) is 45.0 Å². The highest BCUT2D eigenvalue weighted by Crippen LogP contribution is 2.22. The molecule has 0 saturated carbocycles. The van der Waals surface area contributed by atoms with Gasteiger partial charge in [-0.2, -0.15) is 5.26 Å². The first-order chi connectivity index (χ1) is 9.78. The summed E-state index contributed by atoms with van der Waals surface area (Å²) in [4.78, 5) is 1.37. The van der Waals surface area contributed by atoms with Crippen molar-refractivity contribution < 1.29 is 4.74 Å². The molecule has 1 heterocycles. The van der Waals surface area contributed by atoms with Crippen molar-refractivity contribution >= 4 is 27.3 Å². The lowest BCUT2D eigenvalue weighted by Gasteiger charge is -2.06. The van der Waals surface area contributed by atoms with Gasteiger partial charge in [-0.05, 0) is 52.2 Å². The number of hydrogen-bond donors (Lipinski definition) is 1. The van der Waals surface area contributed by atoms with E-state index in [2.05, 4.69) is 33.4 Å². The van der Waals surface area contributed by atoms with Crippen LogP contribution in [0.2, 0.25) is 0 Å². The van der Waals surface area contributed by atoms with Crippen molar-refractivity contribution in [2.24, 2.45) is 0 Å².